The molecule has 0 atom stereocenters. The second-order valence-corrected chi connectivity index (χ2v) is 11.2. The van der Waals surface area contributed by atoms with Gasteiger partial charge in [0.2, 0.25) is 0 Å². The normalized spacial score (nSPS) is 11.8. The number of hydrazone groups is 1. The molecule has 0 aliphatic heterocycles. The third-order valence-corrected chi connectivity index (χ3v) is 7.62. The van der Waals surface area contributed by atoms with Crippen molar-refractivity contribution in [3.05, 3.63) is 93.5 Å². The summed E-state index contributed by atoms with van der Waals surface area (Å²) in [6, 6.07) is 14.9. The van der Waals surface area contributed by atoms with Gasteiger partial charge in [0, 0.05) is 25.2 Å². The Kier molecular flexibility index (Phi) is 14.6. The van der Waals surface area contributed by atoms with Gasteiger partial charge in [-0.1, -0.05) is 43.6 Å². The van der Waals surface area contributed by atoms with Gasteiger partial charge >= 0.3 is 6.18 Å². The molecule has 0 unspecified atom stereocenters. The largest absolute Gasteiger partial charge is 0.494 e. The van der Waals surface area contributed by atoms with Crippen LogP contribution in [0.25, 0.3) is 0 Å². The fraction of sp³-hybridized carbons (Fsp3) is 0.382. The van der Waals surface area contributed by atoms with Gasteiger partial charge in [-0.15, -0.1) is 0 Å². The SMILES string of the molecule is CCN(CC)CCN(C)Cc1cccc(C(=O)Nc2ccc(OCCCCF)cc2C(=O)NN=Cc2ccc(Cl)c(C(F)(F)F)c2)c1. The van der Waals surface area contributed by atoms with Crippen molar-refractivity contribution < 1.29 is 31.9 Å². The quantitative estimate of drug-likeness (QED) is 0.0679. The first-order chi connectivity index (χ1) is 22.4. The molecule has 0 saturated heterocycles. The topological polar surface area (TPSA) is 86.3 Å². The predicted octanol–water partition coefficient (Wildman–Crippen LogP) is 7.28. The molecule has 0 bridgehead atoms. The van der Waals surface area contributed by atoms with Gasteiger partial charge in [-0.2, -0.15) is 18.3 Å². The van der Waals surface area contributed by atoms with Crippen LogP contribution in [0.15, 0.2) is 65.8 Å². The molecule has 0 fully saturated rings. The summed E-state index contributed by atoms with van der Waals surface area (Å²) in [5.41, 5.74) is 2.80. The van der Waals surface area contributed by atoms with Crippen LogP contribution in [-0.2, 0) is 12.7 Å². The number of carbonyl (C=O) groups excluding carboxylic acids is 2. The van der Waals surface area contributed by atoms with Gasteiger partial charge in [0.05, 0.1) is 41.3 Å². The fourth-order valence-corrected chi connectivity index (χ4v) is 4.84. The number of rotatable bonds is 17. The first-order valence-corrected chi connectivity index (χ1v) is 15.7. The third-order valence-electron chi connectivity index (χ3n) is 7.29. The Balaban J connectivity index is 1.77. The molecular weight excluding hydrogens is 638 g/mol. The van der Waals surface area contributed by atoms with E-state index < -0.39 is 35.3 Å². The van der Waals surface area contributed by atoms with E-state index in [4.69, 9.17) is 16.3 Å². The average molecular weight is 678 g/mol. The number of ether oxygens (including phenoxy) is 1. The van der Waals surface area contributed by atoms with E-state index in [2.05, 4.69) is 39.5 Å². The van der Waals surface area contributed by atoms with Gasteiger partial charge in [-0.3, -0.25) is 14.0 Å². The van der Waals surface area contributed by atoms with Gasteiger partial charge in [-0.05, 0) is 86.6 Å². The van der Waals surface area contributed by atoms with E-state index in [1.807, 2.05) is 13.1 Å². The van der Waals surface area contributed by atoms with Crippen molar-refractivity contribution in [2.45, 2.75) is 39.4 Å². The van der Waals surface area contributed by atoms with Crippen LogP contribution in [0, 0.1) is 0 Å². The molecule has 0 aliphatic carbocycles. The Morgan fingerprint density at radius 1 is 0.979 bits per heavy atom. The molecule has 3 aromatic carbocycles. The second kappa shape index (κ2) is 18.4. The van der Waals surface area contributed by atoms with Gasteiger partial charge in [-0.25, -0.2) is 5.43 Å². The van der Waals surface area contributed by atoms with Gasteiger partial charge in [0.1, 0.15) is 5.75 Å². The highest BCUT2D eigenvalue weighted by molar-refractivity contribution is 6.31. The van der Waals surface area contributed by atoms with E-state index >= 15 is 0 Å². The number of hydrogen-bond donors (Lipinski definition) is 2. The molecule has 0 radical (unpaired) electrons. The summed E-state index contributed by atoms with van der Waals surface area (Å²) in [5.74, 6) is -0.898. The van der Waals surface area contributed by atoms with Crippen LogP contribution in [0.4, 0.5) is 23.2 Å². The highest BCUT2D eigenvalue weighted by Crippen LogP contribution is 2.35. The molecule has 0 aliphatic rings. The van der Waals surface area contributed by atoms with Crippen molar-refractivity contribution in [1.29, 1.82) is 0 Å². The number of halogens is 5. The van der Waals surface area contributed by atoms with E-state index in [1.54, 1.807) is 24.3 Å². The Bertz CT molecular complexity index is 1520. The lowest BCUT2D eigenvalue weighted by Gasteiger charge is -2.23. The maximum atomic E-state index is 13.3. The van der Waals surface area contributed by atoms with E-state index in [0.29, 0.717) is 30.7 Å². The summed E-state index contributed by atoms with van der Waals surface area (Å²) >= 11 is 5.68. The zero-order valence-electron chi connectivity index (χ0n) is 26.7. The first kappa shape index (κ1) is 37.5. The standard InChI is InChI=1S/C34H40ClF4N5O3/c1-4-44(5-2)17-16-43(3)23-25-9-8-10-26(19-25)32(45)41-31-14-12-27(47-18-7-6-15-36)21-28(31)33(46)42-40-22-24-11-13-30(35)29(20-24)34(37,38)39/h8-14,19-22H,4-7,15-18,23H2,1-3H3,(H,41,45)(H,42,46). The number of unbranched alkanes of at least 4 members (excludes halogenated alkanes) is 1. The van der Waals surface area contributed by atoms with Crippen molar-refractivity contribution in [1.82, 2.24) is 15.2 Å². The molecule has 3 aromatic rings. The molecule has 2 N–H and O–H groups in total. The molecule has 8 nitrogen and oxygen atoms in total. The van der Waals surface area contributed by atoms with E-state index in [1.165, 1.54) is 18.2 Å². The number of amides is 2. The van der Waals surface area contributed by atoms with Gasteiger partial charge in [0.25, 0.3) is 11.8 Å². The fourth-order valence-electron chi connectivity index (χ4n) is 4.61. The lowest BCUT2D eigenvalue weighted by Crippen LogP contribution is -2.32. The van der Waals surface area contributed by atoms with Crippen molar-refractivity contribution in [2.24, 2.45) is 5.10 Å². The second-order valence-electron chi connectivity index (χ2n) is 10.8. The number of nitrogens with zero attached hydrogens (tertiary/aromatic N) is 3. The first-order valence-electron chi connectivity index (χ1n) is 15.3. The molecule has 0 heterocycles. The molecule has 2 amide bonds. The van der Waals surface area contributed by atoms with Gasteiger partial charge in [0.15, 0.2) is 0 Å². The number of alkyl halides is 4. The number of nitrogens with one attached hydrogen (secondary N) is 2. The van der Waals surface area contributed by atoms with E-state index in [0.717, 1.165) is 50.1 Å². The minimum absolute atomic E-state index is 0.00197. The predicted molar refractivity (Wildman–Crippen MR) is 177 cm³/mol. The van der Waals surface area contributed by atoms with Crippen molar-refractivity contribution in [3.8, 4) is 5.75 Å². The third kappa shape index (κ3) is 11.9. The smallest absolute Gasteiger partial charge is 0.417 e. The number of carbonyl (C=O) groups is 2. The number of anilines is 1. The number of likely N-dealkylation sites (N-methyl/N-ethyl adjacent to an activating group) is 2. The monoisotopic (exact) mass is 677 g/mol. The van der Waals surface area contributed by atoms with Crippen LogP contribution in [0.1, 0.15) is 64.1 Å². The van der Waals surface area contributed by atoms with Crippen LogP contribution >= 0.6 is 11.6 Å². The molecule has 0 aromatic heterocycles. The highest BCUT2D eigenvalue weighted by atomic mass is 35.5. The number of benzene rings is 3. The average Bonchev–Trinajstić information content (AvgIpc) is 3.04. The Hall–Kier alpha value is -4.00. The Morgan fingerprint density at radius 2 is 1.74 bits per heavy atom. The van der Waals surface area contributed by atoms with Crippen molar-refractivity contribution in [3.63, 3.8) is 0 Å². The molecule has 3 rings (SSSR count). The van der Waals surface area contributed by atoms with Crippen molar-refractivity contribution >= 4 is 35.3 Å². The molecule has 47 heavy (non-hydrogen) atoms. The Morgan fingerprint density at radius 3 is 2.45 bits per heavy atom. The van der Waals surface area contributed by atoms with Crippen LogP contribution in [0.5, 0.6) is 5.75 Å². The maximum absolute atomic E-state index is 13.3. The van der Waals surface area contributed by atoms with Crippen LogP contribution < -0.4 is 15.5 Å². The molecule has 254 valence electrons. The molecular formula is C34H40ClF4N5O3. The highest BCUT2D eigenvalue weighted by Gasteiger charge is 2.33. The van der Waals surface area contributed by atoms with E-state index in [9.17, 15) is 27.2 Å². The summed E-state index contributed by atoms with van der Waals surface area (Å²) in [7, 11) is 2.02. The summed E-state index contributed by atoms with van der Waals surface area (Å²) in [6.45, 7) is 8.37. The number of hydrogen-bond acceptors (Lipinski definition) is 6. The van der Waals surface area contributed by atoms with Crippen molar-refractivity contribution in [2.75, 3.05) is 51.8 Å². The van der Waals surface area contributed by atoms with Crippen LogP contribution in [0.2, 0.25) is 5.02 Å². The van der Waals surface area contributed by atoms with Crippen LogP contribution in [0.3, 0.4) is 0 Å². The van der Waals surface area contributed by atoms with Gasteiger partial charge < -0.3 is 19.9 Å². The summed E-state index contributed by atoms with van der Waals surface area (Å²) < 4.78 is 57.8. The molecule has 13 heteroatoms. The Labute approximate surface area is 277 Å². The molecule has 0 spiro atoms. The zero-order chi connectivity index (χ0) is 34.4. The summed E-state index contributed by atoms with van der Waals surface area (Å²) in [5, 5.41) is 6.11. The maximum Gasteiger partial charge on any atom is 0.417 e. The van der Waals surface area contributed by atoms with E-state index in [-0.39, 0.29) is 23.4 Å². The lowest BCUT2D eigenvalue weighted by molar-refractivity contribution is -0.137. The van der Waals surface area contributed by atoms with Crippen LogP contribution in [-0.4, -0.2) is 74.3 Å². The lowest BCUT2D eigenvalue weighted by atomic mass is 10.1. The summed E-state index contributed by atoms with van der Waals surface area (Å²) in [6.07, 6.45) is -2.84. The summed E-state index contributed by atoms with van der Waals surface area (Å²) in [4.78, 5) is 31.1. The zero-order valence-corrected chi connectivity index (χ0v) is 27.4. The minimum Gasteiger partial charge on any atom is -0.494 e. The molecule has 0 saturated carbocycles. The minimum atomic E-state index is -4.66.